The fraction of sp³-hybridized carbons (Fsp3) is 0.467. The first-order valence-corrected chi connectivity index (χ1v) is 7.15. The highest BCUT2D eigenvalue weighted by Crippen LogP contribution is 2.20. The molecular weight excluding hydrogens is 266 g/mol. The summed E-state index contributed by atoms with van der Waals surface area (Å²) in [7, 11) is 1.83. The fourth-order valence-electron chi connectivity index (χ4n) is 2.29. The lowest BCUT2D eigenvalue weighted by Gasteiger charge is -2.17. The Morgan fingerprint density at radius 1 is 1.48 bits per heavy atom. The molecule has 0 spiro atoms. The van der Waals surface area contributed by atoms with Crippen molar-refractivity contribution in [3.8, 4) is 0 Å². The Morgan fingerprint density at radius 2 is 2.24 bits per heavy atom. The van der Waals surface area contributed by atoms with E-state index in [4.69, 9.17) is 5.73 Å². The van der Waals surface area contributed by atoms with Crippen LogP contribution in [-0.4, -0.2) is 35.4 Å². The molecule has 6 heteroatoms. The lowest BCUT2D eigenvalue weighted by atomic mass is 10.2. The number of nitrogens with one attached hydrogen (secondary N) is 1. The molecule has 2 aromatic heterocycles. The monoisotopic (exact) mass is 289 g/mol. The second-order valence-electron chi connectivity index (χ2n) is 5.66. The molecule has 6 nitrogen and oxygen atoms in total. The summed E-state index contributed by atoms with van der Waals surface area (Å²) >= 11 is 0. The summed E-state index contributed by atoms with van der Waals surface area (Å²) in [6.45, 7) is 6.12. The van der Waals surface area contributed by atoms with Crippen LogP contribution in [0.2, 0.25) is 0 Å². The lowest BCUT2D eigenvalue weighted by molar-refractivity contribution is -0.116. The molecular formula is C15H23N5O. The van der Waals surface area contributed by atoms with Gasteiger partial charge in [-0.2, -0.15) is 0 Å². The predicted molar refractivity (Wildman–Crippen MR) is 84.2 cm³/mol. The van der Waals surface area contributed by atoms with Crippen molar-refractivity contribution in [1.29, 1.82) is 0 Å². The van der Waals surface area contributed by atoms with Crippen molar-refractivity contribution in [2.24, 2.45) is 11.7 Å². The van der Waals surface area contributed by atoms with Crippen LogP contribution in [0.4, 0.5) is 5.82 Å². The third-order valence-electron chi connectivity index (χ3n) is 3.21. The number of fused-ring (bicyclic) bond motifs is 1. The Kier molecular flexibility index (Phi) is 4.80. The van der Waals surface area contributed by atoms with Crippen LogP contribution in [0.15, 0.2) is 24.4 Å². The van der Waals surface area contributed by atoms with Crippen molar-refractivity contribution in [3.05, 3.63) is 30.1 Å². The van der Waals surface area contributed by atoms with E-state index in [0.29, 0.717) is 12.5 Å². The van der Waals surface area contributed by atoms with Crippen molar-refractivity contribution in [3.63, 3.8) is 0 Å². The van der Waals surface area contributed by atoms with Gasteiger partial charge in [0.25, 0.3) is 0 Å². The Morgan fingerprint density at radius 3 is 2.90 bits per heavy atom. The van der Waals surface area contributed by atoms with E-state index < -0.39 is 0 Å². The smallest absolute Gasteiger partial charge is 0.236 e. The molecule has 0 saturated heterocycles. The zero-order valence-corrected chi connectivity index (χ0v) is 12.8. The van der Waals surface area contributed by atoms with Gasteiger partial charge in [0.1, 0.15) is 5.65 Å². The number of pyridine rings is 1. The van der Waals surface area contributed by atoms with Gasteiger partial charge in [-0.3, -0.25) is 4.79 Å². The number of primary amides is 1. The van der Waals surface area contributed by atoms with E-state index in [-0.39, 0.29) is 12.5 Å². The standard InChI is InChI=1S/C15H23N5O/c1-11(2)8-17-9-12-15(19(3)10-13(16)21)18-14-6-4-5-7-20(12)14/h4-7,11,17H,8-10H2,1-3H3,(H2,16,21). The number of rotatable bonds is 7. The van der Waals surface area contributed by atoms with Crippen LogP contribution >= 0.6 is 0 Å². The van der Waals surface area contributed by atoms with Crippen molar-refractivity contribution in [2.75, 3.05) is 25.0 Å². The summed E-state index contributed by atoms with van der Waals surface area (Å²) < 4.78 is 2.04. The number of imidazole rings is 1. The van der Waals surface area contributed by atoms with Gasteiger partial charge in [0, 0.05) is 19.8 Å². The molecule has 2 heterocycles. The van der Waals surface area contributed by atoms with Gasteiger partial charge in [-0.1, -0.05) is 19.9 Å². The maximum absolute atomic E-state index is 11.1. The molecule has 0 unspecified atom stereocenters. The van der Waals surface area contributed by atoms with Crippen molar-refractivity contribution in [1.82, 2.24) is 14.7 Å². The highest BCUT2D eigenvalue weighted by atomic mass is 16.1. The quantitative estimate of drug-likeness (QED) is 0.797. The minimum atomic E-state index is -0.365. The van der Waals surface area contributed by atoms with E-state index in [1.54, 1.807) is 4.90 Å². The van der Waals surface area contributed by atoms with Crippen LogP contribution in [-0.2, 0) is 11.3 Å². The number of nitrogens with zero attached hydrogens (tertiary/aromatic N) is 3. The first kappa shape index (κ1) is 15.3. The van der Waals surface area contributed by atoms with Crippen molar-refractivity contribution >= 4 is 17.4 Å². The zero-order chi connectivity index (χ0) is 15.4. The molecule has 0 atom stereocenters. The van der Waals surface area contributed by atoms with Crippen molar-refractivity contribution < 1.29 is 4.79 Å². The van der Waals surface area contributed by atoms with Gasteiger partial charge in [-0.05, 0) is 24.6 Å². The molecule has 0 aliphatic rings. The molecule has 0 bridgehead atoms. The number of likely N-dealkylation sites (N-methyl/N-ethyl adjacent to an activating group) is 1. The molecule has 0 radical (unpaired) electrons. The Labute approximate surface area is 124 Å². The summed E-state index contributed by atoms with van der Waals surface area (Å²) in [5.74, 6) is 1.00. The van der Waals surface area contributed by atoms with Gasteiger partial charge >= 0.3 is 0 Å². The molecule has 0 aliphatic heterocycles. The van der Waals surface area contributed by atoms with E-state index in [0.717, 1.165) is 23.7 Å². The molecule has 1 amide bonds. The van der Waals surface area contributed by atoms with E-state index in [1.165, 1.54) is 0 Å². The van der Waals surface area contributed by atoms with E-state index in [1.807, 2.05) is 35.8 Å². The molecule has 21 heavy (non-hydrogen) atoms. The normalized spacial score (nSPS) is 11.2. The van der Waals surface area contributed by atoms with Crippen LogP contribution < -0.4 is 16.0 Å². The first-order valence-electron chi connectivity index (χ1n) is 7.15. The van der Waals surface area contributed by atoms with E-state index >= 15 is 0 Å². The average Bonchev–Trinajstić information content (AvgIpc) is 2.77. The number of hydrogen-bond donors (Lipinski definition) is 2. The van der Waals surface area contributed by atoms with Crippen LogP contribution in [0.3, 0.4) is 0 Å². The van der Waals surface area contributed by atoms with E-state index in [9.17, 15) is 4.79 Å². The van der Waals surface area contributed by atoms with Crippen LogP contribution in [0.25, 0.3) is 5.65 Å². The maximum Gasteiger partial charge on any atom is 0.236 e. The number of carbonyl (C=O) groups is 1. The molecule has 2 aromatic rings. The summed E-state index contributed by atoms with van der Waals surface area (Å²) in [5.41, 5.74) is 7.19. The van der Waals surface area contributed by atoms with Crippen LogP contribution in [0.1, 0.15) is 19.5 Å². The number of carbonyl (C=O) groups excluding carboxylic acids is 1. The van der Waals surface area contributed by atoms with Gasteiger partial charge in [0.15, 0.2) is 5.82 Å². The number of nitrogens with two attached hydrogens (primary N) is 1. The second-order valence-corrected chi connectivity index (χ2v) is 5.66. The predicted octanol–water partition coefficient (Wildman–Crippen LogP) is 1.00. The Bertz CT molecular complexity index is 620. The summed E-state index contributed by atoms with van der Waals surface area (Å²) in [4.78, 5) is 17.5. The largest absolute Gasteiger partial charge is 0.368 e. The second kappa shape index (κ2) is 6.58. The minimum Gasteiger partial charge on any atom is -0.368 e. The average molecular weight is 289 g/mol. The van der Waals surface area contributed by atoms with Crippen LogP contribution in [0, 0.1) is 5.92 Å². The number of amides is 1. The van der Waals surface area contributed by atoms with Gasteiger partial charge in [0.2, 0.25) is 5.91 Å². The SMILES string of the molecule is CC(C)CNCc1c(N(C)CC(N)=O)nc2ccccn12. The fourth-order valence-corrected chi connectivity index (χ4v) is 2.29. The van der Waals surface area contributed by atoms with Crippen LogP contribution in [0.5, 0.6) is 0 Å². The van der Waals surface area contributed by atoms with Gasteiger partial charge in [-0.15, -0.1) is 0 Å². The maximum atomic E-state index is 11.1. The molecule has 0 aromatic carbocycles. The number of aromatic nitrogens is 2. The zero-order valence-electron chi connectivity index (χ0n) is 12.8. The highest BCUT2D eigenvalue weighted by Gasteiger charge is 2.16. The van der Waals surface area contributed by atoms with Gasteiger partial charge in [-0.25, -0.2) is 4.98 Å². The topological polar surface area (TPSA) is 75.7 Å². The molecule has 2 rings (SSSR count). The van der Waals surface area contributed by atoms with Gasteiger partial charge in [0.05, 0.1) is 12.2 Å². The minimum absolute atomic E-state index is 0.154. The first-order chi connectivity index (χ1) is 9.99. The highest BCUT2D eigenvalue weighted by molar-refractivity contribution is 5.79. The third kappa shape index (κ3) is 3.72. The number of hydrogen-bond acceptors (Lipinski definition) is 4. The summed E-state index contributed by atoms with van der Waals surface area (Å²) in [5, 5.41) is 3.42. The summed E-state index contributed by atoms with van der Waals surface area (Å²) in [6, 6.07) is 5.87. The van der Waals surface area contributed by atoms with E-state index in [2.05, 4.69) is 24.1 Å². The Hall–Kier alpha value is -2.08. The molecule has 0 fully saturated rings. The molecule has 114 valence electrons. The molecule has 0 aliphatic carbocycles. The Balaban J connectivity index is 2.31. The molecule has 0 saturated carbocycles. The molecule has 3 N–H and O–H groups in total. The third-order valence-corrected chi connectivity index (χ3v) is 3.21. The summed E-state index contributed by atoms with van der Waals surface area (Å²) in [6.07, 6.45) is 1.98. The number of anilines is 1. The van der Waals surface area contributed by atoms with Crippen molar-refractivity contribution in [2.45, 2.75) is 20.4 Å². The van der Waals surface area contributed by atoms with Gasteiger partial charge < -0.3 is 20.4 Å². The lowest BCUT2D eigenvalue weighted by Crippen LogP contribution is -2.32.